The van der Waals surface area contributed by atoms with Crippen LogP contribution in [-0.4, -0.2) is 21.2 Å². The Balaban J connectivity index is 1.67. The number of nitrogens with zero attached hydrogens (tertiary/aromatic N) is 3. The number of halogens is 1. The van der Waals surface area contributed by atoms with Gasteiger partial charge in [0.15, 0.2) is 0 Å². The van der Waals surface area contributed by atoms with Gasteiger partial charge >= 0.3 is 0 Å². The van der Waals surface area contributed by atoms with E-state index in [2.05, 4.69) is 19.9 Å². The molecule has 0 spiro atoms. The van der Waals surface area contributed by atoms with E-state index >= 15 is 0 Å². The van der Waals surface area contributed by atoms with Crippen LogP contribution in [0.25, 0.3) is 22.4 Å². The molecule has 2 aromatic carbocycles. The average Bonchev–Trinajstić information content (AvgIpc) is 3.05. The summed E-state index contributed by atoms with van der Waals surface area (Å²) >= 11 is 0. The first-order valence-electron chi connectivity index (χ1n) is 7.48. The number of imidazole rings is 1. The van der Waals surface area contributed by atoms with Crippen LogP contribution < -0.4 is 0 Å². The Morgan fingerprint density at radius 1 is 1.00 bits per heavy atom. The summed E-state index contributed by atoms with van der Waals surface area (Å²) in [5, 5.41) is 0. The monoisotopic (exact) mass is 316 g/mol. The second kappa shape index (κ2) is 6.04. The van der Waals surface area contributed by atoms with Gasteiger partial charge in [0.1, 0.15) is 11.6 Å². The summed E-state index contributed by atoms with van der Waals surface area (Å²) in [4.78, 5) is 16.2. The van der Waals surface area contributed by atoms with E-state index < -0.39 is 0 Å². The number of benzene rings is 2. The number of hydrogen-bond donors (Lipinski definition) is 1. The fourth-order valence-electron chi connectivity index (χ4n) is 2.45. The summed E-state index contributed by atoms with van der Waals surface area (Å²) < 4.78 is 13.6. The number of pyridine rings is 1. The lowest BCUT2D eigenvalue weighted by Gasteiger charge is -1.96. The predicted molar refractivity (Wildman–Crippen MR) is 93.0 cm³/mol. The standard InChI is InChI=1S/C19H13FN4/c20-16-4-2-1-3-14(16)12-22-15-5-6-17-18(11-15)24-19(23-17)13-7-9-21-10-8-13/h1-12H,(H,23,24). The van der Waals surface area contributed by atoms with Crippen LogP contribution >= 0.6 is 0 Å². The second-order valence-corrected chi connectivity index (χ2v) is 5.30. The number of H-pyrrole nitrogens is 1. The van der Waals surface area contributed by atoms with Gasteiger partial charge in [-0.25, -0.2) is 9.37 Å². The summed E-state index contributed by atoms with van der Waals surface area (Å²) in [5.41, 5.74) is 3.89. The van der Waals surface area contributed by atoms with Gasteiger partial charge in [-0.15, -0.1) is 0 Å². The third-order valence-corrected chi connectivity index (χ3v) is 3.68. The van der Waals surface area contributed by atoms with Gasteiger partial charge in [0.05, 0.1) is 16.7 Å². The molecule has 0 amide bonds. The molecule has 2 aromatic heterocycles. The number of aromatic nitrogens is 3. The second-order valence-electron chi connectivity index (χ2n) is 5.30. The summed E-state index contributed by atoms with van der Waals surface area (Å²) in [6.07, 6.45) is 4.98. The molecule has 0 unspecified atom stereocenters. The first kappa shape index (κ1) is 14.3. The highest BCUT2D eigenvalue weighted by molar-refractivity contribution is 5.86. The van der Waals surface area contributed by atoms with Gasteiger partial charge in [0, 0.05) is 29.7 Å². The van der Waals surface area contributed by atoms with Crippen LogP contribution in [0.2, 0.25) is 0 Å². The van der Waals surface area contributed by atoms with Gasteiger partial charge in [-0.05, 0) is 36.4 Å². The molecule has 0 aliphatic carbocycles. The van der Waals surface area contributed by atoms with Gasteiger partial charge in [-0.1, -0.05) is 18.2 Å². The number of rotatable bonds is 3. The Bertz CT molecular complexity index is 1020. The van der Waals surface area contributed by atoms with Crippen molar-refractivity contribution in [3.05, 3.63) is 78.4 Å². The molecular formula is C19H13FN4. The zero-order chi connectivity index (χ0) is 16.4. The molecule has 0 bridgehead atoms. The minimum Gasteiger partial charge on any atom is -0.338 e. The SMILES string of the molecule is Fc1ccccc1C=Nc1ccc2nc(-c3ccncc3)[nH]c2c1. The maximum Gasteiger partial charge on any atom is 0.138 e. The van der Waals surface area contributed by atoms with Gasteiger partial charge in [0.25, 0.3) is 0 Å². The Morgan fingerprint density at radius 2 is 1.83 bits per heavy atom. The number of nitrogens with one attached hydrogen (secondary N) is 1. The normalized spacial score (nSPS) is 11.4. The van der Waals surface area contributed by atoms with Crippen LogP contribution in [0.1, 0.15) is 5.56 Å². The maximum atomic E-state index is 13.6. The molecule has 0 aliphatic rings. The van der Waals surface area contributed by atoms with Crippen molar-refractivity contribution < 1.29 is 4.39 Å². The third kappa shape index (κ3) is 2.79. The van der Waals surface area contributed by atoms with Crippen molar-refractivity contribution in [3.63, 3.8) is 0 Å². The number of aliphatic imine (C=N–C) groups is 1. The van der Waals surface area contributed by atoms with Crippen molar-refractivity contribution in [2.24, 2.45) is 4.99 Å². The molecular weight excluding hydrogens is 303 g/mol. The highest BCUT2D eigenvalue weighted by atomic mass is 19.1. The Morgan fingerprint density at radius 3 is 2.67 bits per heavy atom. The maximum absolute atomic E-state index is 13.6. The Labute approximate surface area is 137 Å². The van der Waals surface area contributed by atoms with Crippen molar-refractivity contribution in [2.75, 3.05) is 0 Å². The van der Waals surface area contributed by atoms with E-state index in [1.165, 1.54) is 12.3 Å². The molecule has 0 atom stereocenters. The van der Waals surface area contributed by atoms with E-state index in [1.807, 2.05) is 30.3 Å². The molecule has 4 nitrogen and oxygen atoms in total. The van der Waals surface area contributed by atoms with Crippen LogP contribution in [0.15, 0.2) is 72.0 Å². The van der Waals surface area contributed by atoms with Crippen LogP contribution in [-0.2, 0) is 0 Å². The summed E-state index contributed by atoms with van der Waals surface area (Å²) in [5.74, 6) is 0.492. The first-order valence-corrected chi connectivity index (χ1v) is 7.48. The molecule has 4 rings (SSSR count). The van der Waals surface area contributed by atoms with Gasteiger partial charge < -0.3 is 4.98 Å². The van der Waals surface area contributed by atoms with Crippen molar-refractivity contribution in [1.82, 2.24) is 15.0 Å². The van der Waals surface area contributed by atoms with E-state index in [-0.39, 0.29) is 5.82 Å². The quantitative estimate of drug-likeness (QED) is 0.565. The highest BCUT2D eigenvalue weighted by Gasteiger charge is 2.05. The smallest absolute Gasteiger partial charge is 0.138 e. The molecule has 116 valence electrons. The topological polar surface area (TPSA) is 53.9 Å². The van der Waals surface area contributed by atoms with Crippen molar-refractivity contribution >= 4 is 22.9 Å². The van der Waals surface area contributed by atoms with E-state index in [0.717, 1.165) is 28.1 Å². The van der Waals surface area contributed by atoms with Gasteiger partial charge in [-0.2, -0.15) is 0 Å². The van der Waals surface area contributed by atoms with Crippen LogP contribution in [0.4, 0.5) is 10.1 Å². The molecule has 5 heteroatoms. The Hall–Kier alpha value is -3.34. The predicted octanol–water partition coefficient (Wildman–Crippen LogP) is 4.51. The van der Waals surface area contributed by atoms with Gasteiger partial charge in [-0.3, -0.25) is 9.98 Å². The van der Waals surface area contributed by atoms with E-state index in [0.29, 0.717) is 5.56 Å². The first-order chi connectivity index (χ1) is 11.8. The lowest BCUT2D eigenvalue weighted by molar-refractivity contribution is 0.626. The summed E-state index contributed by atoms with van der Waals surface area (Å²) in [6, 6.07) is 16.0. The third-order valence-electron chi connectivity index (χ3n) is 3.68. The zero-order valence-corrected chi connectivity index (χ0v) is 12.6. The lowest BCUT2D eigenvalue weighted by atomic mass is 10.2. The van der Waals surface area contributed by atoms with E-state index in [1.54, 1.807) is 30.6 Å². The largest absolute Gasteiger partial charge is 0.338 e. The number of fused-ring (bicyclic) bond motifs is 1. The average molecular weight is 316 g/mol. The molecule has 0 aliphatic heterocycles. The number of aromatic amines is 1. The minimum absolute atomic E-state index is 0.288. The van der Waals surface area contributed by atoms with Crippen molar-refractivity contribution in [3.8, 4) is 11.4 Å². The van der Waals surface area contributed by atoms with Crippen LogP contribution in [0, 0.1) is 5.82 Å². The number of hydrogen-bond acceptors (Lipinski definition) is 3. The zero-order valence-electron chi connectivity index (χ0n) is 12.6. The molecule has 0 saturated heterocycles. The minimum atomic E-state index is -0.288. The molecule has 24 heavy (non-hydrogen) atoms. The highest BCUT2D eigenvalue weighted by Crippen LogP contribution is 2.23. The molecule has 2 heterocycles. The van der Waals surface area contributed by atoms with Crippen molar-refractivity contribution in [2.45, 2.75) is 0 Å². The Kier molecular flexibility index (Phi) is 3.59. The molecule has 0 fully saturated rings. The molecule has 4 aromatic rings. The van der Waals surface area contributed by atoms with Crippen molar-refractivity contribution in [1.29, 1.82) is 0 Å². The lowest BCUT2D eigenvalue weighted by Crippen LogP contribution is -1.85. The molecule has 0 saturated carbocycles. The van der Waals surface area contributed by atoms with Crippen LogP contribution in [0.5, 0.6) is 0 Å². The van der Waals surface area contributed by atoms with E-state index in [4.69, 9.17) is 0 Å². The van der Waals surface area contributed by atoms with Crippen LogP contribution in [0.3, 0.4) is 0 Å². The fraction of sp³-hybridized carbons (Fsp3) is 0. The molecule has 1 N–H and O–H groups in total. The van der Waals surface area contributed by atoms with Gasteiger partial charge in [0.2, 0.25) is 0 Å². The van der Waals surface area contributed by atoms with E-state index in [9.17, 15) is 4.39 Å². The summed E-state index contributed by atoms with van der Waals surface area (Å²) in [6.45, 7) is 0. The summed E-state index contributed by atoms with van der Waals surface area (Å²) in [7, 11) is 0. The molecule has 0 radical (unpaired) electrons. The fourth-order valence-corrected chi connectivity index (χ4v) is 2.45.